The third-order valence-corrected chi connectivity index (χ3v) is 6.67. The summed E-state index contributed by atoms with van der Waals surface area (Å²) in [5, 5.41) is 3.48. The largest absolute Gasteiger partial charge is 0.494 e. The van der Waals surface area contributed by atoms with Crippen molar-refractivity contribution < 1.29 is 9.53 Å². The molecule has 3 aromatic carbocycles. The summed E-state index contributed by atoms with van der Waals surface area (Å²) in [6.07, 6.45) is 2.65. The van der Waals surface area contributed by atoms with Gasteiger partial charge in [0.2, 0.25) is 5.91 Å². The molecule has 0 saturated carbocycles. The summed E-state index contributed by atoms with van der Waals surface area (Å²) in [5.41, 5.74) is 5.77. The number of carbonyl (C=O) groups excluding carboxylic acids is 1. The summed E-state index contributed by atoms with van der Waals surface area (Å²) >= 11 is 0. The molecule has 2 atom stereocenters. The molecule has 1 aliphatic heterocycles. The molecular weight excluding hydrogens is 420 g/mol. The number of hydrogen-bond acceptors (Lipinski definition) is 3. The lowest BCUT2D eigenvalue weighted by molar-refractivity contribution is 0.0832. The number of ether oxygens (including phenoxy) is 1. The first-order valence-electron chi connectivity index (χ1n) is 12.0. The van der Waals surface area contributed by atoms with Crippen LogP contribution in [0.15, 0.2) is 97.2 Å². The van der Waals surface area contributed by atoms with E-state index in [9.17, 15) is 4.79 Å². The Morgan fingerprint density at radius 1 is 0.912 bits per heavy atom. The summed E-state index contributed by atoms with van der Waals surface area (Å²) in [6, 6.07) is 31.0. The molecule has 0 bridgehead atoms. The third kappa shape index (κ3) is 4.55. The first-order chi connectivity index (χ1) is 16.7. The second-order valence-electron chi connectivity index (χ2n) is 8.79. The van der Waals surface area contributed by atoms with Gasteiger partial charge in [0.05, 0.1) is 12.5 Å². The molecule has 1 aliphatic rings. The molecule has 1 N–H and O–H groups in total. The Kier molecular flexibility index (Phi) is 6.59. The van der Waals surface area contributed by atoms with E-state index in [-0.39, 0.29) is 17.7 Å². The van der Waals surface area contributed by atoms with Crippen LogP contribution in [0.2, 0.25) is 0 Å². The molecule has 4 nitrogen and oxygen atoms in total. The van der Waals surface area contributed by atoms with Crippen LogP contribution in [0.5, 0.6) is 5.75 Å². The molecule has 1 saturated heterocycles. The van der Waals surface area contributed by atoms with Crippen molar-refractivity contribution in [2.75, 3.05) is 19.7 Å². The number of rotatable bonds is 7. The van der Waals surface area contributed by atoms with Crippen LogP contribution in [0.4, 0.5) is 0 Å². The molecule has 4 aromatic rings. The highest BCUT2D eigenvalue weighted by Crippen LogP contribution is 2.37. The molecule has 34 heavy (non-hydrogen) atoms. The second-order valence-corrected chi connectivity index (χ2v) is 8.79. The molecule has 0 spiro atoms. The zero-order valence-corrected chi connectivity index (χ0v) is 19.5. The SMILES string of the molecule is CCOc1ccc(-c2ccccc2[C@@H]2CNC[C@H]2C(=O)n2cccc2Cc2ccccc2)cc1. The topological polar surface area (TPSA) is 43.3 Å². The number of carbonyl (C=O) groups is 1. The fraction of sp³-hybridized carbons (Fsp3) is 0.233. The summed E-state index contributed by atoms with van der Waals surface area (Å²) in [5.74, 6) is 1.03. The lowest BCUT2D eigenvalue weighted by Crippen LogP contribution is -2.28. The third-order valence-electron chi connectivity index (χ3n) is 6.67. The van der Waals surface area contributed by atoms with E-state index in [1.165, 1.54) is 16.7 Å². The summed E-state index contributed by atoms with van der Waals surface area (Å²) in [7, 11) is 0. The highest BCUT2D eigenvalue weighted by molar-refractivity contribution is 5.84. The van der Waals surface area contributed by atoms with Crippen LogP contribution in [-0.2, 0) is 6.42 Å². The van der Waals surface area contributed by atoms with Crippen molar-refractivity contribution in [2.24, 2.45) is 5.92 Å². The van der Waals surface area contributed by atoms with E-state index < -0.39 is 0 Å². The molecule has 0 unspecified atom stereocenters. The van der Waals surface area contributed by atoms with E-state index in [0.29, 0.717) is 13.2 Å². The number of hydrogen-bond donors (Lipinski definition) is 1. The number of benzene rings is 3. The van der Waals surface area contributed by atoms with Crippen molar-refractivity contribution >= 4 is 5.91 Å². The van der Waals surface area contributed by atoms with Gasteiger partial charge in [-0.2, -0.15) is 0 Å². The van der Waals surface area contributed by atoms with Gasteiger partial charge in [0.15, 0.2) is 0 Å². The van der Waals surface area contributed by atoms with Crippen LogP contribution in [0, 0.1) is 5.92 Å². The van der Waals surface area contributed by atoms with E-state index >= 15 is 0 Å². The maximum Gasteiger partial charge on any atom is 0.235 e. The molecule has 0 aliphatic carbocycles. The van der Waals surface area contributed by atoms with Gasteiger partial charge in [0.1, 0.15) is 5.75 Å². The van der Waals surface area contributed by atoms with Gasteiger partial charge >= 0.3 is 0 Å². The van der Waals surface area contributed by atoms with Crippen molar-refractivity contribution in [2.45, 2.75) is 19.3 Å². The van der Waals surface area contributed by atoms with Gasteiger partial charge < -0.3 is 10.1 Å². The minimum Gasteiger partial charge on any atom is -0.494 e. The van der Waals surface area contributed by atoms with Gasteiger partial charge in [-0.1, -0.05) is 66.7 Å². The first-order valence-corrected chi connectivity index (χ1v) is 12.0. The fourth-order valence-corrected chi connectivity index (χ4v) is 5.00. The van der Waals surface area contributed by atoms with Crippen molar-refractivity contribution in [3.63, 3.8) is 0 Å². The Balaban J connectivity index is 1.43. The summed E-state index contributed by atoms with van der Waals surface area (Å²) in [6.45, 7) is 4.12. The van der Waals surface area contributed by atoms with E-state index in [4.69, 9.17) is 4.74 Å². The van der Waals surface area contributed by atoms with Crippen molar-refractivity contribution in [1.29, 1.82) is 0 Å². The highest BCUT2D eigenvalue weighted by atomic mass is 16.5. The average Bonchev–Trinajstić information content (AvgIpc) is 3.55. The van der Waals surface area contributed by atoms with Gasteiger partial charge in [-0.15, -0.1) is 0 Å². The van der Waals surface area contributed by atoms with E-state index in [1.807, 2.05) is 54.1 Å². The van der Waals surface area contributed by atoms with Gasteiger partial charge in [0.25, 0.3) is 0 Å². The number of nitrogens with one attached hydrogen (secondary N) is 1. The molecule has 2 heterocycles. The summed E-state index contributed by atoms with van der Waals surface area (Å²) < 4.78 is 7.47. The van der Waals surface area contributed by atoms with Crippen molar-refractivity contribution in [1.82, 2.24) is 9.88 Å². The smallest absolute Gasteiger partial charge is 0.235 e. The van der Waals surface area contributed by atoms with Crippen LogP contribution >= 0.6 is 0 Å². The van der Waals surface area contributed by atoms with Gasteiger partial charge in [-0.3, -0.25) is 9.36 Å². The maximum atomic E-state index is 13.8. The Hall–Kier alpha value is -3.63. The van der Waals surface area contributed by atoms with Gasteiger partial charge in [0, 0.05) is 37.3 Å². The minimum atomic E-state index is -0.120. The van der Waals surface area contributed by atoms with Gasteiger partial charge in [-0.05, 0) is 53.4 Å². The van der Waals surface area contributed by atoms with Crippen LogP contribution in [0.1, 0.15) is 34.5 Å². The Morgan fingerprint density at radius 2 is 1.68 bits per heavy atom. The minimum absolute atomic E-state index is 0.113. The predicted octanol–water partition coefficient (Wildman–Crippen LogP) is 5.79. The molecule has 5 rings (SSSR count). The number of nitrogens with zero attached hydrogens (tertiary/aromatic N) is 1. The van der Waals surface area contributed by atoms with Crippen LogP contribution < -0.4 is 10.1 Å². The average molecular weight is 451 g/mol. The van der Waals surface area contributed by atoms with Crippen molar-refractivity contribution in [3.8, 4) is 16.9 Å². The fourth-order valence-electron chi connectivity index (χ4n) is 5.00. The molecular formula is C30H30N2O2. The van der Waals surface area contributed by atoms with Gasteiger partial charge in [-0.25, -0.2) is 0 Å². The van der Waals surface area contributed by atoms with E-state index in [0.717, 1.165) is 30.0 Å². The van der Waals surface area contributed by atoms with Crippen molar-refractivity contribution in [3.05, 3.63) is 114 Å². The molecule has 0 amide bonds. The summed E-state index contributed by atoms with van der Waals surface area (Å²) in [4.78, 5) is 13.8. The molecule has 0 radical (unpaired) electrons. The lowest BCUT2D eigenvalue weighted by Gasteiger charge is -2.22. The quantitative estimate of drug-likeness (QED) is 0.388. The monoisotopic (exact) mass is 450 g/mol. The predicted molar refractivity (Wildman–Crippen MR) is 136 cm³/mol. The maximum absolute atomic E-state index is 13.8. The van der Waals surface area contributed by atoms with Crippen LogP contribution in [0.25, 0.3) is 11.1 Å². The van der Waals surface area contributed by atoms with E-state index in [1.54, 1.807) is 0 Å². The first kappa shape index (κ1) is 22.2. The molecule has 4 heteroatoms. The lowest BCUT2D eigenvalue weighted by atomic mass is 9.83. The van der Waals surface area contributed by atoms with Crippen LogP contribution in [0.3, 0.4) is 0 Å². The Labute approximate surface area is 201 Å². The zero-order chi connectivity index (χ0) is 23.3. The highest BCUT2D eigenvalue weighted by Gasteiger charge is 2.36. The Morgan fingerprint density at radius 3 is 2.47 bits per heavy atom. The molecule has 172 valence electrons. The standard InChI is InChI=1S/C30H30N2O2/c1-2-34-25-16-14-23(15-17-25)26-12-6-7-13-27(26)28-20-31-21-29(28)30(33)32-18-8-11-24(32)19-22-9-4-3-5-10-22/h3-18,28-29,31H,2,19-21H2,1H3/t28-,29+/m0/s1. The second kappa shape index (κ2) is 10.1. The zero-order valence-electron chi connectivity index (χ0n) is 19.5. The molecule has 1 aromatic heterocycles. The number of aromatic nitrogens is 1. The Bertz CT molecular complexity index is 1240. The normalized spacial score (nSPS) is 17.6. The van der Waals surface area contributed by atoms with Crippen LogP contribution in [-0.4, -0.2) is 30.2 Å². The van der Waals surface area contributed by atoms with E-state index in [2.05, 4.69) is 59.9 Å². The molecule has 1 fully saturated rings.